The number of hydrogen-bond donors (Lipinski definition) is 3. The minimum Gasteiger partial charge on any atom is -0.379 e. The summed E-state index contributed by atoms with van der Waals surface area (Å²) in [4.78, 5) is 8.65. The van der Waals surface area contributed by atoms with E-state index in [9.17, 15) is 0 Å². The van der Waals surface area contributed by atoms with Gasteiger partial charge in [0.2, 0.25) is 0 Å². The molecule has 0 atom stereocenters. The van der Waals surface area contributed by atoms with Gasteiger partial charge in [0.05, 0.1) is 12.3 Å². The third kappa shape index (κ3) is 3.82. The molecular weight excluding hydrogens is 256 g/mol. The van der Waals surface area contributed by atoms with Crippen LogP contribution in [0, 0.1) is 0 Å². The normalized spacial score (nSPS) is 11.2. The summed E-state index contributed by atoms with van der Waals surface area (Å²) in [5.41, 5.74) is 3.35. The van der Waals surface area contributed by atoms with Gasteiger partial charge >= 0.3 is 0 Å². The molecule has 0 fully saturated rings. The van der Waals surface area contributed by atoms with Crippen LogP contribution in [0.2, 0.25) is 0 Å². The Balaban J connectivity index is 1.87. The molecule has 0 aliphatic heterocycles. The van der Waals surface area contributed by atoms with Crippen molar-refractivity contribution in [3.8, 4) is 0 Å². The Bertz CT molecular complexity index is 539. The second kappa shape index (κ2) is 7.06. The fraction of sp³-hybridized carbons (Fsp3) is 0.538. The predicted molar refractivity (Wildman–Crippen MR) is 79.6 cm³/mol. The number of nitrogens with two attached hydrogens (primary N) is 1. The standard InChI is InChI=1S/C13H22N6O/c1-10(2)20-8-4-3-5-15-12-13-16-6-7-19(13)9-11(17-12)18-14/h6-7,9-10,18H,3-5,8,14H2,1-2H3,(H,15,17). The van der Waals surface area contributed by atoms with Crippen molar-refractivity contribution in [3.05, 3.63) is 18.6 Å². The molecule has 2 aromatic rings. The molecule has 4 N–H and O–H groups in total. The van der Waals surface area contributed by atoms with E-state index in [-0.39, 0.29) is 0 Å². The first-order valence-corrected chi connectivity index (χ1v) is 6.86. The molecule has 2 aromatic heterocycles. The third-order valence-corrected chi connectivity index (χ3v) is 2.84. The van der Waals surface area contributed by atoms with Crippen LogP contribution < -0.4 is 16.6 Å². The molecular formula is C13H22N6O. The van der Waals surface area contributed by atoms with Crippen LogP contribution in [-0.4, -0.2) is 33.6 Å². The highest BCUT2D eigenvalue weighted by Crippen LogP contribution is 2.15. The zero-order chi connectivity index (χ0) is 14.4. The highest BCUT2D eigenvalue weighted by molar-refractivity contribution is 5.65. The lowest BCUT2D eigenvalue weighted by Crippen LogP contribution is -2.13. The number of unbranched alkanes of at least 4 members (excludes halogenated alkanes) is 1. The van der Waals surface area contributed by atoms with E-state index in [2.05, 4.69) is 20.7 Å². The Hall–Kier alpha value is -1.86. The van der Waals surface area contributed by atoms with Crippen molar-refractivity contribution in [1.82, 2.24) is 14.4 Å². The number of anilines is 2. The van der Waals surface area contributed by atoms with Crippen molar-refractivity contribution >= 4 is 17.3 Å². The Labute approximate surface area is 118 Å². The van der Waals surface area contributed by atoms with Gasteiger partial charge in [-0.3, -0.25) is 0 Å². The molecule has 0 saturated carbocycles. The number of hydrogen-bond acceptors (Lipinski definition) is 6. The molecule has 110 valence electrons. The lowest BCUT2D eigenvalue weighted by molar-refractivity contribution is 0.0765. The summed E-state index contributed by atoms with van der Waals surface area (Å²) in [7, 11) is 0. The summed E-state index contributed by atoms with van der Waals surface area (Å²) >= 11 is 0. The molecule has 20 heavy (non-hydrogen) atoms. The van der Waals surface area contributed by atoms with E-state index in [1.165, 1.54) is 0 Å². The quantitative estimate of drug-likeness (QED) is 0.386. The zero-order valence-corrected chi connectivity index (χ0v) is 12.0. The van der Waals surface area contributed by atoms with Gasteiger partial charge in [0.25, 0.3) is 0 Å². The number of hydrazine groups is 1. The maximum absolute atomic E-state index is 5.50. The summed E-state index contributed by atoms with van der Waals surface area (Å²) in [6, 6.07) is 0. The number of ether oxygens (including phenoxy) is 1. The van der Waals surface area contributed by atoms with E-state index in [1.54, 1.807) is 12.4 Å². The monoisotopic (exact) mass is 278 g/mol. The second-order valence-electron chi connectivity index (χ2n) is 4.83. The molecule has 0 radical (unpaired) electrons. The maximum Gasteiger partial charge on any atom is 0.180 e. The number of aromatic nitrogens is 3. The van der Waals surface area contributed by atoms with Gasteiger partial charge in [0.1, 0.15) is 0 Å². The number of nitrogen functional groups attached to an aromatic ring is 1. The van der Waals surface area contributed by atoms with Gasteiger partial charge in [0.15, 0.2) is 17.3 Å². The van der Waals surface area contributed by atoms with Crippen LogP contribution in [0.5, 0.6) is 0 Å². The van der Waals surface area contributed by atoms with E-state index in [4.69, 9.17) is 10.6 Å². The van der Waals surface area contributed by atoms with Crippen molar-refractivity contribution in [1.29, 1.82) is 0 Å². The summed E-state index contributed by atoms with van der Waals surface area (Å²) in [5, 5.41) is 3.29. The number of rotatable bonds is 8. The first-order chi connectivity index (χ1) is 9.70. The highest BCUT2D eigenvalue weighted by atomic mass is 16.5. The van der Waals surface area contributed by atoms with Crippen LogP contribution >= 0.6 is 0 Å². The molecule has 7 nitrogen and oxygen atoms in total. The summed E-state index contributed by atoms with van der Waals surface area (Å²) in [6.45, 7) is 5.70. The first kappa shape index (κ1) is 14.5. The maximum atomic E-state index is 5.50. The molecule has 2 rings (SSSR count). The van der Waals surface area contributed by atoms with Gasteiger partial charge in [-0.15, -0.1) is 0 Å². The molecule has 0 amide bonds. The Morgan fingerprint density at radius 3 is 3.00 bits per heavy atom. The molecule has 0 spiro atoms. The van der Waals surface area contributed by atoms with Crippen LogP contribution in [0.25, 0.3) is 5.65 Å². The minimum absolute atomic E-state index is 0.293. The Kier molecular flexibility index (Phi) is 5.14. The smallest absolute Gasteiger partial charge is 0.180 e. The van der Waals surface area contributed by atoms with E-state index in [1.807, 2.05) is 24.4 Å². The van der Waals surface area contributed by atoms with Crippen LogP contribution in [0.4, 0.5) is 11.6 Å². The molecule has 0 saturated heterocycles. The van der Waals surface area contributed by atoms with Crippen LogP contribution in [0.15, 0.2) is 18.6 Å². The lowest BCUT2D eigenvalue weighted by Gasteiger charge is -2.10. The largest absolute Gasteiger partial charge is 0.379 e. The summed E-state index contributed by atoms with van der Waals surface area (Å²) < 4.78 is 7.38. The van der Waals surface area contributed by atoms with Crippen molar-refractivity contribution in [2.45, 2.75) is 32.8 Å². The van der Waals surface area contributed by atoms with Gasteiger partial charge in [0, 0.05) is 25.5 Å². The van der Waals surface area contributed by atoms with Gasteiger partial charge < -0.3 is 19.9 Å². The van der Waals surface area contributed by atoms with Crippen molar-refractivity contribution in [2.75, 3.05) is 23.9 Å². The summed E-state index contributed by atoms with van der Waals surface area (Å²) in [5.74, 6) is 6.74. The van der Waals surface area contributed by atoms with Gasteiger partial charge in [-0.05, 0) is 26.7 Å². The van der Waals surface area contributed by atoms with Gasteiger partial charge in [-0.25, -0.2) is 15.8 Å². The fourth-order valence-corrected chi connectivity index (χ4v) is 1.87. The van der Waals surface area contributed by atoms with E-state index in [0.29, 0.717) is 11.9 Å². The highest BCUT2D eigenvalue weighted by Gasteiger charge is 2.06. The molecule has 0 aliphatic carbocycles. The first-order valence-electron chi connectivity index (χ1n) is 6.86. The number of nitrogens with zero attached hydrogens (tertiary/aromatic N) is 3. The zero-order valence-electron chi connectivity index (χ0n) is 12.0. The number of nitrogens with one attached hydrogen (secondary N) is 2. The molecule has 0 bridgehead atoms. The van der Waals surface area contributed by atoms with Crippen LogP contribution in [0.1, 0.15) is 26.7 Å². The topological polar surface area (TPSA) is 89.5 Å². The second-order valence-corrected chi connectivity index (χ2v) is 4.83. The molecule has 7 heteroatoms. The van der Waals surface area contributed by atoms with Crippen molar-refractivity contribution in [2.24, 2.45) is 5.84 Å². The minimum atomic E-state index is 0.293. The molecule has 0 unspecified atom stereocenters. The van der Waals surface area contributed by atoms with E-state index >= 15 is 0 Å². The number of imidazole rings is 1. The predicted octanol–water partition coefficient (Wildman–Crippen LogP) is 1.63. The Morgan fingerprint density at radius 1 is 1.40 bits per heavy atom. The molecule has 0 aromatic carbocycles. The van der Waals surface area contributed by atoms with Crippen LogP contribution in [-0.2, 0) is 4.74 Å². The average molecular weight is 278 g/mol. The van der Waals surface area contributed by atoms with Crippen molar-refractivity contribution in [3.63, 3.8) is 0 Å². The van der Waals surface area contributed by atoms with E-state index in [0.717, 1.165) is 37.5 Å². The van der Waals surface area contributed by atoms with Crippen LogP contribution in [0.3, 0.4) is 0 Å². The average Bonchev–Trinajstić information content (AvgIpc) is 2.90. The molecule has 0 aliphatic rings. The fourth-order valence-electron chi connectivity index (χ4n) is 1.87. The molecule has 2 heterocycles. The number of fused-ring (bicyclic) bond motifs is 1. The van der Waals surface area contributed by atoms with Gasteiger partial charge in [-0.1, -0.05) is 0 Å². The SMILES string of the molecule is CC(C)OCCCCNc1nc(NN)cn2ccnc12. The summed E-state index contributed by atoms with van der Waals surface area (Å²) in [6.07, 6.45) is 7.72. The van der Waals surface area contributed by atoms with Crippen molar-refractivity contribution < 1.29 is 4.74 Å². The van der Waals surface area contributed by atoms with E-state index < -0.39 is 0 Å². The lowest BCUT2D eigenvalue weighted by atomic mass is 10.3. The Morgan fingerprint density at radius 2 is 2.25 bits per heavy atom. The third-order valence-electron chi connectivity index (χ3n) is 2.84. The van der Waals surface area contributed by atoms with Gasteiger partial charge in [-0.2, -0.15) is 0 Å².